The Kier molecular flexibility index (Phi) is 6.20. The molecule has 1 fully saturated rings. The van der Waals surface area contributed by atoms with Crippen molar-refractivity contribution in [2.24, 2.45) is 0 Å². The first-order valence-electron chi connectivity index (χ1n) is 7.84. The van der Waals surface area contributed by atoms with Crippen LogP contribution in [0.15, 0.2) is 18.2 Å². The normalized spacial score (nSPS) is 18.8. The monoisotopic (exact) mass is 313 g/mol. The lowest BCUT2D eigenvalue weighted by Gasteiger charge is -2.35. The molecule has 1 aromatic carbocycles. The van der Waals surface area contributed by atoms with Gasteiger partial charge in [0.2, 0.25) is 0 Å². The summed E-state index contributed by atoms with van der Waals surface area (Å²) in [6.45, 7) is 4.32. The van der Waals surface area contributed by atoms with E-state index < -0.39 is 0 Å². The summed E-state index contributed by atoms with van der Waals surface area (Å²) >= 11 is 12.6. The summed E-state index contributed by atoms with van der Waals surface area (Å²) in [5.74, 6) is 0. The van der Waals surface area contributed by atoms with E-state index in [1.807, 2.05) is 12.1 Å². The topological polar surface area (TPSA) is 12.0 Å². The van der Waals surface area contributed by atoms with Crippen LogP contribution in [0, 0.1) is 0 Å². The minimum Gasteiger partial charge on any atom is -0.316 e. The van der Waals surface area contributed by atoms with E-state index in [9.17, 15) is 0 Å². The van der Waals surface area contributed by atoms with Gasteiger partial charge in [-0.2, -0.15) is 0 Å². The largest absolute Gasteiger partial charge is 0.316 e. The van der Waals surface area contributed by atoms with E-state index in [1.165, 1.54) is 50.5 Å². The van der Waals surface area contributed by atoms with E-state index in [-0.39, 0.29) is 5.41 Å². The highest BCUT2D eigenvalue weighted by Gasteiger charge is 2.34. The van der Waals surface area contributed by atoms with Crippen LogP contribution >= 0.6 is 23.2 Å². The lowest BCUT2D eigenvalue weighted by molar-refractivity contribution is 0.348. The third kappa shape index (κ3) is 3.90. The molecule has 1 aromatic rings. The van der Waals surface area contributed by atoms with Gasteiger partial charge in [-0.1, -0.05) is 61.9 Å². The van der Waals surface area contributed by atoms with Crippen molar-refractivity contribution in [3.63, 3.8) is 0 Å². The number of rotatable bonds is 5. The molecule has 1 saturated carbocycles. The highest BCUT2D eigenvalue weighted by molar-refractivity contribution is 6.35. The van der Waals surface area contributed by atoms with Crippen LogP contribution in [0.2, 0.25) is 10.0 Å². The third-order valence-electron chi connectivity index (χ3n) is 4.45. The van der Waals surface area contributed by atoms with E-state index >= 15 is 0 Å². The van der Waals surface area contributed by atoms with E-state index in [4.69, 9.17) is 23.2 Å². The third-order valence-corrected chi connectivity index (χ3v) is 5.00. The maximum atomic E-state index is 6.51. The average molecular weight is 314 g/mol. The lowest BCUT2D eigenvalue weighted by Crippen LogP contribution is -2.38. The number of benzene rings is 1. The van der Waals surface area contributed by atoms with Gasteiger partial charge < -0.3 is 5.32 Å². The van der Waals surface area contributed by atoms with Gasteiger partial charge in [0.05, 0.1) is 0 Å². The predicted molar refractivity (Wildman–Crippen MR) is 89.0 cm³/mol. The zero-order valence-electron chi connectivity index (χ0n) is 12.4. The fraction of sp³-hybridized carbons (Fsp3) is 0.647. The van der Waals surface area contributed by atoms with Crippen molar-refractivity contribution in [3.8, 4) is 0 Å². The molecule has 0 amide bonds. The fourth-order valence-electron chi connectivity index (χ4n) is 3.37. The summed E-state index contributed by atoms with van der Waals surface area (Å²) in [7, 11) is 0. The second kappa shape index (κ2) is 7.68. The van der Waals surface area contributed by atoms with E-state index in [1.54, 1.807) is 0 Å². The second-order valence-corrected chi connectivity index (χ2v) is 6.84. The number of halogens is 2. The first-order valence-corrected chi connectivity index (χ1v) is 8.60. The van der Waals surface area contributed by atoms with Crippen LogP contribution in [-0.2, 0) is 5.41 Å². The van der Waals surface area contributed by atoms with E-state index in [0.717, 1.165) is 23.1 Å². The standard InChI is InChI=1S/C17H25Cl2N/c1-2-11-20-13-17(9-5-3-4-6-10-17)15-8-7-14(18)12-16(15)19/h7-8,12,20H,2-6,9-11,13H2,1H3. The summed E-state index contributed by atoms with van der Waals surface area (Å²) < 4.78 is 0. The van der Waals surface area contributed by atoms with E-state index in [2.05, 4.69) is 18.3 Å². The van der Waals surface area contributed by atoms with Crippen LogP contribution < -0.4 is 5.32 Å². The Balaban J connectivity index is 2.28. The Morgan fingerprint density at radius 1 is 1.10 bits per heavy atom. The minimum absolute atomic E-state index is 0.188. The maximum Gasteiger partial charge on any atom is 0.0458 e. The van der Waals surface area contributed by atoms with Crippen molar-refractivity contribution < 1.29 is 0 Å². The molecular weight excluding hydrogens is 289 g/mol. The van der Waals surface area contributed by atoms with E-state index in [0.29, 0.717) is 0 Å². The van der Waals surface area contributed by atoms with Crippen LogP contribution in [0.25, 0.3) is 0 Å². The molecule has 20 heavy (non-hydrogen) atoms. The Morgan fingerprint density at radius 3 is 2.40 bits per heavy atom. The number of hydrogen-bond acceptors (Lipinski definition) is 1. The zero-order chi connectivity index (χ0) is 14.4. The van der Waals surface area contributed by atoms with Gasteiger partial charge in [0.15, 0.2) is 0 Å². The molecule has 0 aromatic heterocycles. The van der Waals surface area contributed by atoms with Gasteiger partial charge in [0, 0.05) is 22.0 Å². The van der Waals surface area contributed by atoms with Gasteiger partial charge in [0.25, 0.3) is 0 Å². The minimum atomic E-state index is 0.188. The van der Waals surface area contributed by atoms with Gasteiger partial charge in [-0.05, 0) is 43.5 Å². The zero-order valence-corrected chi connectivity index (χ0v) is 13.9. The molecule has 1 aliphatic rings. The molecule has 0 heterocycles. The number of nitrogens with one attached hydrogen (secondary N) is 1. The van der Waals surface area contributed by atoms with Crippen molar-refractivity contribution in [2.45, 2.75) is 57.3 Å². The molecule has 0 aliphatic heterocycles. The van der Waals surface area contributed by atoms with Crippen LogP contribution in [0.1, 0.15) is 57.4 Å². The molecule has 0 unspecified atom stereocenters. The van der Waals surface area contributed by atoms with Crippen molar-refractivity contribution in [2.75, 3.05) is 13.1 Å². The molecule has 0 saturated heterocycles. The molecular formula is C17H25Cl2N. The molecule has 112 valence electrons. The Bertz CT molecular complexity index is 423. The number of hydrogen-bond donors (Lipinski definition) is 1. The molecule has 1 nitrogen and oxygen atoms in total. The average Bonchev–Trinajstić information content (AvgIpc) is 2.65. The van der Waals surface area contributed by atoms with Crippen molar-refractivity contribution >= 4 is 23.2 Å². The first-order chi connectivity index (χ1) is 9.68. The summed E-state index contributed by atoms with van der Waals surface area (Å²) in [6, 6.07) is 6.02. The Morgan fingerprint density at radius 2 is 1.80 bits per heavy atom. The summed E-state index contributed by atoms with van der Waals surface area (Å²) in [5, 5.41) is 5.18. The molecule has 1 N–H and O–H groups in total. The van der Waals surface area contributed by atoms with Gasteiger partial charge in [-0.25, -0.2) is 0 Å². The highest BCUT2D eigenvalue weighted by atomic mass is 35.5. The van der Waals surface area contributed by atoms with Crippen LogP contribution in [-0.4, -0.2) is 13.1 Å². The molecule has 0 bridgehead atoms. The lowest BCUT2D eigenvalue weighted by atomic mass is 9.74. The van der Waals surface area contributed by atoms with Gasteiger partial charge >= 0.3 is 0 Å². The van der Waals surface area contributed by atoms with Crippen LogP contribution in [0.4, 0.5) is 0 Å². The maximum absolute atomic E-state index is 6.51. The van der Waals surface area contributed by atoms with Gasteiger partial charge in [0.1, 0.15) is 0 Å². The molecule has 1 aliphatic carbocycles. The predicted octanol–water partition coefficient (Wildman–Crippen LogP) is 5.59. The second-order valence-electron chi connectivity index (χ2n) is 6.00. The SMILES string of the molecule is CCCNCC1(c2ccc(Cl)cc2Cl)CCCCCC1. The summed E-state index contributed by atoms with van der Waals surface area (Å²) in [4.78, 5) is 0. The highest BCUT2D eigenvalue weighted by Crippen LogP contribution is 2.41. The molecule has 0 spiro atoms. The smallest absolute Gasteiger partial charge is 0.0458 e. The molecule has 0 radical (unpaired) electrons. The first kappa shape index (κ1) is 16.1. The Labute approximate surface area is 133 Å². The van der Waals surface area contributed by atoms with Crippen molar-refractivity contribution in [1.29, 1.82) is 0 Å². The molecule has 0 atom stereocenters. The van der Waals surface area contributed by atoms with Crippen LogP contribution in [0.5, 0.6) is 0 Å². The van der Waals surface area contributed by atoms with Gasteiger partial charge in [-0.3, -0.25) is 0 Å². The fourth-order valence-corrected chi connectivity index (χ4v) is 3.98. The van der Waals surface area contributed by atoms with Gasteiger partial charge in [-0.15, -0.1) is 0 Å². The van der Waals surface area contributed by atoms with Crippen LogP contribution in [0.3, 0.4) is 0 Å². The summed E-state index contributed by atoms with van der Waals surface area (Å²) in [5.41, 5.74) is 1.47. The Hall–Kier alpha value is -0.240. The van der Waals surface area contributed by atoms with Crippen molar-refractivity contribution in [1.82, 2.24) is 5.32 Å². The quantitative estimate of drug-likeness (QED) is 0.552. The molecule has 3 heteroatoms. The van der Waals surface area contributed by atoms with Crippen molar-refractivity contribution in [3.05, 3.63) is 33.8 Å². The molecule has 2 rings (SSSR count). The summed E-state index contributed by atoms with van der Waals surface area (Å²) in [6.07, 6.45) is 8.92.